The van der Waals surface area contributed by atoms with E-state index in [1.54, 1.807) is 30.3 Å². The Morgan fingerprint density at radius 3 is 2.25 bits per heavy atom. The summed E-state index contributed by atoms with van der Waals surface area (Å²) in [6.07, 6.45) is 0. The molecule has 0 aliphatic carbocycles. The number of hydrazine groups is 1. The van der Waals surface area contributed by atoms with E-state index in [0.29, 0.717) is 16.3 Å². The molecule has 0 fully saturated rings. The number of halogens is 2. The minimum atomic E-state index is -0.506. The van der Waals surface area contributed by atoms with Crippen molar-refractivity contribution in [3.05, 3.63) is 87.9 Å². The van der Waals surface area contributed by atoms with Gasteiger partial charge in [0.25, 0.3) is 11.8 Å². The van der Waals surface area contributed by atoms with Gasteiger partial charge >= 0.3 is 0 Å². The van der Waals surface area contributed by atoms with E-state index in [9.17, 15) is 9.59 Å². The highest BCUT2D eigenvalue weighted by molar-refractivity contribution is 9.10. The van der Waals surface area contributed by atoms with Crippen LogP contribution in [0.3, 0.4) is 0 Å². The van der Waals surface area contributed by atoms with Gasteiger partial charge < -0.3 is 4.74 Å². The fraction of sp³-hybridized carbons (Fsp3) is 0.0476. The number of hydrogen-bond acceptors (Lipinski definition) is 3. The maximum atomic E-state index is 12.2. The summed E-state index contributed by atoms with van der Waals surface area (Å²) in [5.41, 5.74) is 7.16. The fourth-order valence-electron chi connectivity index (χ4n) is 2.41. The van der Waals surface area contributed by atoms with E-state index in [0.717, 1.165) is 15.6 Å². The lowest BCUT2D eigenvalue weighted by Gasteiger charge is -2.10. The Morgan fingerprint density at radius 2 is 1.57 bits per heavy atom. The highest BCUT2D eigenvalue weighted by Crippen LogP contribution is 2.27. The smallest absolute Gasteiger partial charge is 0.276 e. The molecule has 0 saturated heterocycles. The number of benzene rings is 3. The summed E-state index contributed by atoms with van der Waals surface area (Å²) in [6, 6.07) is 22.0. The van der Waals surface area contributed by atoms with Crippen LogP contribution in [0.25, 0.3) is 11.1 Å². The molecule has 0 aliphatic rings. The van der Waals surface area contributed by atoms with Crippen molar-refractivity contribution in [3.8, 4) is 16.9 Å². The summed E-state index contributed by atoms with van der Waals surface area (Å²) in [5.74, 6) is -0.550. The first-order valence-corrected chi connectivity index (χ1v) is 9.52. The fourth-order valence-corrected chi connectivity index (χ4v) is 3.14. The Balaban J connectivity index is 1.50. The van der Waals surface area contributed by atoms with Gasteiger partial charge in [0, 0.05) is 10.0 Å². The molecule has 0 saturated carbocycles. The number of rotatable bonds is 5. The van der Waals surface area contributed by atoms with E-state index >= 15 is 0 Å². The van der Waals surface area contributed by atoms with Crippen LogP contribution in [0.1, 0.15) is 10.4 Å². The molecule has 7 heteroatoms. The maximum Gasteiger partial charge on any atom is 0.276 e. The second kappa shape index (κ2) is 9.39. The van der Waals surface area contributed by atoms with Crippen molar-refractivity contribution in [2.75, 3.05) is 6.61 Å². The van der Waals surface area contributed by atoms with Crippen molar-refractivity contribution in [3.63, 3.8) is 0 Å². The molecule has 0 heterocycles. The van der Waals surface area contributed by atoms with Crippen LogP contribution in [0.15, 0.2) is 77.3 Å². The van der Waals surface area contributed by atoms with Crippen molar-refractivity contribution < 1.29 is 14.3 Å². The zero-order chi connectivity index (χ0) is 19.9. The Bertz CT molecular complexity index is 979. The summed E-state index contributed by atoms with van der Waals surface area (Å²) in [4.78, 5) is 24.0. The van der Waals surface area contributed by atoms with Crippen molar-refractivity contribution in [2.24, 2.45) is 0 Å². The monoisotopic (exact) mass is 458 g/mol. The van der Waals surface area contributed by atoms with Crippen molar-refractivity contribution in [1.29, 1.82) is 0 Å². The standard InChI is InChI=1S/C21H16BrClN2O3/c22-17-10-11-19(18(23)12-17)28-13-20(26)24-25-21(27)16-8-6-15(7-9-16)14-4-2-1-3-5-14/h1-12H,13H2,(H,24,26)(H,25,27). The number of nitrogens with one attached hydrogen (secondary N) is 2. The van der Waals surface area contributed by atoms with Crippen molar-refractivity contribution >= 4 is 39.3 Å². The molecule has 142 valence electrons. The molecule has 0 bridgehead atoms. The molecule has 0 aliphatic heterocycles. The topological polar surface area (TPSA) is 67.4 Å². The van der Waals surface area contributed by atoms with Crippen LogP contribution in [-0.4, -0.2) is 18.4 Å². The SMILES string of the molecule is O=C(COc1ccc(Br)cc1Cl)NNC(=O)c1ccc(-c2ccccc2)cc1. The van der Waals surface area contributed by atoms with Gasteiger partial charge in [0.05, 0.1) is 5.02 Å². The average molecular weight is 460 g/mol. The van der Waals surface area contributed by atoms with E-state index in [1.807, 2.05) is 42.5 Å². The second-order valence-corrected chi connectivity index (χ2v) is 7.13. The Kier molecular flexibility index (Phi) is 6.68. The zero-order valence-electron chi connectivity index (χ0n) is 14.6. The van der Waals surface area contributed by atoms with Gasteiger partial charge in [-0.3, -0.25) is 20.4 Å². The summed E-state index contributed by atoms with van der Waals surface area (Å²) in [7, 11) is 0. The third-order valence-corrected chi connectivity index (χ3v) is 4.61. The Labute approximate surface area is 175 Å². The minimum Gasteiger partial charge on any atom is -0.482 e. The van der Waals surface area contributed by atoms with Crippen LogP contribution < -0.4 is 15.6 Å². The number of amides is 2. The third kappa shape index (κ3) is 5.34. The molecule has 28 heavy (non-hydrogen) atoms. The summed E-state index contributed by atoms with van der Waals surface area (Å²) < 4.78 is 6.15. The predicted octanol–water partition coefficient (Wildman–Crippen LogP) is 4.61. The first kappa shape index (κ1) is 19.9. The van der Waals surface area contributed by atoms with Gasteiger partial charge in [-0.2, -0.15) is 0 Å². The molecule has 0 unspecified atom stereocenters. The molecule has 3 rings (SSSR count). The zero-order valence-corrected chi connectivity index (χ0v) is 17.0. The van der Waals surface area contributed by atoms with Gasteiger partial charge in [-0.05, 0) is 41.5 Å². The molecule has 2 N–H and O–H groups in total. The van der Waals surface area contributed by atoms with Crippen LogP contribution >= 0.6 is 27.5 Å². The quantitative estimate of drug-likeness (QED) is 0.548. The summed E-state index contributed by atoms with van der Waals surface area (Å²) >= 11 is 9.31. The van der Waals surface area contributed by atoms with Gasteiger partial charge in [0.2, 0.25) is 0 Å². The lowest BCUT2D eigenvalue weighted by molar-refractivity contribution is -0.123. The van der Waals surface area contributed by atoms with Crippen LogP contribution in [-0.2, 0) is 4.79 Å². The lowest BCUT2D eigenvalue weighted by atomic mass is 10.0. The van der Waals surface area contributed by atoms with E-state index in [-0.39, 0.29) is 6.61 Å². The highest BCUT2D eigenvalue weighted by atomic mass is 79.9. The van der Waals surface area contributed by atoms with Crippen LogP contribution in [0.4, 0.5) is 0 Å². The number of carbonyl (C=O) groups excluding carboxylic acids is 2. The van der Waals surface area contributed by atoms with E-state index in [4.69, 9.17) is 16.3 Å². The second-order valence-electron chi connectivity index (χ2n) is 5.81. The molecule has 3 aromatic carbocycles. The first-order valence-electron chi connectivity index (χ1n) is 8.35. The molecule has 5 nitrogen and oxygen atoms in total. The van der Waals surface area contributed by atoms with Crippen molar-refractivity contribution in [1.82, 2.24) is 10.9 Å². The molecule has 3 aromatic rings. The minimum absolute atomic E-state index is 0.283. The van der Waals surface area contributed by atoms with E-state index in [1.165, 1.54) is 0 Å². The first-order chi connectivity index (χ1) is 13.5. The van der Waals surface area contributed by atoms with Gasteiger partial charge in [0.1, 0.15) is 5.75 Å². The van der Waals surface area contributed by atoms with E-state index < -0.39 is 11.8 Å². The largest absolute Gasteiger partial charge is 0.482 e. The van der Waals surface area contributed by atoms with E-state index in [2.05, 4.69) is 26.8 Å². The van der Waals surface area contributed by atoms with Crippen LogP contribution in [0.5, 0.6) is 5.75 Å². The van der Waals surface area contributed by atoms with Gasteiger partial charge in [-0.25, -0.2) is 0 Å². The molecule has 0 radical (unpaired) electrons. The lowest BCUT2D eigenvalue weighted by Crippen LogP contribution is -2.43. The van der Waals surface area contributed by atoms with Gasteiger partial charge in [-0.15, -0.1) is 0 Å². The summed E-state index contributed by atoms with van der Waals surface area (Å²) in [5, 5.41) is 0.379. The predicted molar refractivity (Wildman–Crippen MR) is 112 cm³/mol. The Hall–Kier alpha value is -2.83. The summed E-state index contributed by atoms with van der Waals surface area (Å²) in [6.45, 7) is -0.283. The van der Waals surface area contributed by atoms with Crippen LogP contribution in [0.2, 0.25) is 5.02 Å². The number of hydrogen-bond donors (Lipinski definition) is 2. The van der Waals surface area contributed by atoms with Gasteiger partial charge in [0.15, 0.2) is 6.61 Å². The molecular weight excluding hydrogens is 444 g/mol. The third-order valence-electron chi connectivity index (χ3n) is 3.82. The maximum absolute atomic E-state index is 12.2. The average Bonchev–Trinajstić information content (AvgIpc) is 2.72. The van der Waals surface area contributed by atoms with Gasteiger partial charge in [-0.1, -0.05) is 70.0 Å². The normalized spacial score (nSPS) is 10.2. The molecule has 2 amide bonds. The number of ether oxygens (including phenoxy) is 1. The molecule has 0 spiro atoms. The number of carbonyl (C=O) groups is 2. The highest BCUT2D eigenvalue weighted by Gasteiger charge is 2.09. The van der Waals surface area contributed by atoms with Crippen molar-refractivity contribution in [2.45, 2.75) is 0 Å². The molecular formula is C21H16BrClN2O3. The molecule has 0 aromatic heterocycles. The Morgan fingerprint density at radius 1 is 0.893 bits per heavy atom. The molecule has 0 atom stereocenters. The van der Waals surface area contributed by atoms with Crippen LogP contribution in [0, 0.1) is 0 Å².